The number of benzene rings is 2. The summed E-state index contributed by atoms with van der Waals surface area (Å²) in [7, 11) is 0. The number of urea groups is 1. The van der Waals surface area contributed by atoms with Gasteiger partial charge in [0.05, 0.1) is 48.5 Å². The maximum absolute atomic E-state index is 13.1. The average molecular weight is 669 g/mol. The SMILES string of the molecule is CC(C)(C)c1cc(NC(=O)Nc2ccc(Oc3ccnc(NC(=O)CN4CCOCC4)c3)c(Cl)c2Cl)n(-c2ccc(CO)cc2)n1. The molecule has 46 heavy (non-hydrogen) atoms. The van der Waals surface area contributed by atoms with E-state index in [4.69, 9.17) is 37.8 Å². The summed E-state index contributed by atoms with van der Waals surface area (Å²) >= 11 is 13.1. The lowest BCUT2D eigenvalue weighted by atomic mass is 9.92. The van der Waals surface area contributed by atoms with Gasteiger partial charge in [0.15, 0.2) is 0 Å². The zero-order chi connectivity index (χ0) is 32.8. The van der Waals surface area contributed by atoms with E-state index in [1.165, 1.54) is 6.20 Å². The number of ether oxygens (including phenoxy) is 2. The third kappa shape index (κ3) is 8.33. The number of amides is 3. The quantitative estimate of drug-likeness (QED) is 0.168. The van der Waals surface area contributed by atoms with Gasteiger partial charge in [0, 0.05) is 36.8 Å². The van der Waals surface area contributed by atoms with E-state index in [0.717, 1.165) is 11.3 Å². The molecule has 2 aromatic carbocycles. The van der Waals surface area contributed by atoms with Crippen molar-refractivity contribution in [3.63, 3.8) is 0 Å². The predicted molar refractivity (Wildman–Crippen MR) is 177 cm³/mol. The molecule has 0 aliphatic carbocycles. The van der Waals surface area contributed by atoms with E-state index in [-0.39, 0.29) is 46.0 Å². The normalized spacial score (nSPS) is 13.7. The second-order valence-corrected chi connectivity index (χ2v) is 12.4. The molecule has 14 heteroatoms. The molecule has 4 aromatic rings. The molecule has 0 atom stereocenters. The van der Waals surface area contributed by atoms with Crippen molar-refractivity contribution in [2.75, 3.05) is 48.8 Å². The Hall–Kier alpha value is -4.20. The molecule has 1 fully saturated rings. The highest BCUT2D eigenvalue weighted by molar-refractivity contribution is 6.45. The fourth-order valence-corrected chi connectivity index (χ4v) is 4.97. The molecule has 5 rings (SSSR count). The van der Waals surface area contributed by atoms with E-state index in [9.17, 15) is 14.7 Å². The number of rotatable bonds is 9. The molecule has 0 radical (unpaired) electrons. The van der Waals surface area contributed by atoms with Crippen LogP contribution in [0.1, 0.15) is 32.0 Å². The molecule has 3 heterocycles. The van der Waals surface area contributed by atoms with Crippen LogP contribution in [0, 0.1) is 0 Å². The van der Waals surface area contributed by atoms with E-state index < -0.39 is 6.03 Å². The Labute approximate surface area is 276 Å². The summed E-state index contributed by atoms with van der Waals surface area (Å²) in [5.74, 6) is 1.19. The third-order valence-electron chi connectivity index (χ3n) is 7.08. The molecule has 242 valence electrons. The lowest BCUT2D eigenvalue weighted by Gasteiger charge is -2.25. The van der Waals surface area contributed by atoms with E-state index in [1.54, 1.807) is 47.1 Å². The molecule has 12 nitrogen and oxygen atoms in total. The summed E-state index contributed by atoms with van der Waals surface area (Å²) in [6, 6.07) is 14.8. The van der Waals surface area contributed by atoms with Gasteiger partial charge in [-0.25, -0.2) is 14.5 Å². The van der Waals surface area contributed by atoms with Gasteiger partial charge in [0.1, 0.15) is 28.2 Å². The van der Waals surface area contributed by atoms with Crippen molar-refractivity contribution in [2.24, 2.45) is 0 Å². The molecule has 1 saturated heterocycles. The Morgan fingerprint density at radius 3 is 2.41 bits per heavy atom. The number of aliphatic hydroxyl groups excluding tert-OH is 1. The van der Waals surface area contributed by atoms with E-state index in [2.05, 4.69) is 20.9 Å². The summed E-state index contributed by atoms with van der Waals surface area (Å²) in [5.41, 5.74) is 2.22. The van der Waals surface area contributed by atoms with Crippen molar-refractivity contribution < 1.29 is 24.2 Å². The molecule has 3 amide bonds. The molecule has 0 saturated carbocycles. The van der Waals surface area contributed by atoms with Gasteiger partial charge < -0.3 is 25.2 Å². The molecule has 1 aliphatic heterocycles. The highest BCUT2D eigenvalue weighted by atomic mass is 35.5. The first-order valence-corrected chi connectivity index (χ1v) is 15.4. The van der Waals surface area contributed by atoms with Crippen LogP contribution in [-0.2, 0) is 21.6 Å². The second-order valence-electron chi connectivity index (χ2n) is 11.6. The first-order valence-electron chi connectivity index (χ1n) is 14.6. The largest absolute Gasteiger partial charge is 0.456 e. The zero-order valence-electron chi connectivity index (χ0n) is 25.6. The van der Waals surface area contributed by atoms with Crippen LogP contribution < -0.4 is 20.7 Å². The highest BCUT2D eigenvalue weighted by Crippen LogP contribution is 2.40. The van der Waals surface area contributed by atoms with Crippen molar-refractivity contribution in [3.05, 3.63) is 82.1 Å². The maximum Gasteiger partial charge on any atom is 0.324 e. The number of halogens is 2. The van der Waals surface area contributed by atoms with Crippen molar-refractivity contribution in [1.82, 2.24) is 19.7 Å². The van der Waals surface area contributed by atoms with E-state index >= 15 is 0 Å². The number of morpholine rings is 1. The average Bonchev–Trinajstić information content (AvgIpc) is 3.46. The number of pyridine rings is 1. The smallest absolute Gasteiger partial charge is 0.324 e. The topological polar surface area (TPSA) is 143 Å². The zero-order valence-corrected chi connectivity index (χ0v) is 27.2. The Bertz CT molecular complexity index is 1700. The molecule has 2 aromatic heterocycles. The molecular formula is C32H35Cl2N7O5. The van der Waals surface area contributed by atoms with Crippen LogP contribution in [-0.4, -0.2) is 69.6 Å². The minimum Gasteiger partial charge on any atom is -0.456 e. The molecule has 0 bridgehead atoms. The summed E-state index contributed by atoms with van der Waals surface area (Å²) in [4.78, 5) is 31.8. The van der Waals surface area contributed by atoms with Crippen LogP contribution in [0.2, 0.25) is 10.0 Å². The van der Waals surface area contributed by atoms with Gasteiger partial charge in [-0.15, -0.1) is 0 Å². The Morgan fingerprint density at radius 1 is 0.978 bits per heavy atom. The number of aliphatic hydroxyl groups is 1. The Morgan fingerprint density at radius 2 is 1.72 bits per heavy atom. The molecule has 0 spiro atoms. The number of anilines is 3. The summed E-state index contributed by atoms with van der Waals surface area (Å²) < 4.78 is 12.9. The van der Waals surface area contributed by atoms with Gasteiger partial charge >= 0.3 is 6.03 Å². The predicted octanol–water partition coefficient (Wildman–Crippen LogP) is 6.07. The standard InChI is InChI=1S/C32H35Cl2N7O5/c1-32(2,3)25-17-27(41(39-25)21-6-4-20(19-42)5-7-21)38-31(44)36-23-8-9-24(30(34)29(23)33)46-22-10-11-35-26(16-22)37-28(43)18-40-12-14-45-15-13-40/h4-11,16-17,42H,12-15,18-19H2,1-3H3,(H,35,37,43)(H2,36,38,44). The van der Waals surface area contributed by atoms with Crippen molar-refractivity contribution in [2.45, 2.75) is 32.8 Å². The minimum atomic E-state index is -0.563. The minimum absolute atomic E-state index is 0.0749. The van der Waals surface area contributed by atoms with Crippen molar-refractivity contribution >= 4 is 52.5 Å². The number of nitrogens with zero attached hydrogens (tertiary/aromatic N) is 4. The monoisotopic (exact) mass is 667 g/mol. The molecule has 0 unspecified atom stereocenters. The van der Waals surface area contributed by atoms with Gasteiger partial charge in [0.25, 0.3) is 0 Å². The molecule has 1 aliphatic rings. The van der Waals surface area contributed by atoms with Crippen LogP contribution in [0.5, 0.6) is 11.5 Å². The Balaban J connectivity index is 1.26. The second kappa shape index (κ2) is 14.5. The number of carbonyl (C=O) groups is 2. The van der Waals surface area contributed by atoms with Gasteiger partial charge in [-0.05, 0) is 35.9 Å². The lowest BCUT2D eigenvalue weighted by Crippen LogP contribution is -2.41. The number of aromatic nitrogens is 3. The van der Waals surface area contributed by atoms with Gasteiger partial charge in [-0.2, -0.15) is 5.10 Å². The fraction of sp³-hybridized carbons (Fsp3) is 0.312. The number of nitrogens with one attached hydrogen (secondary N) is 3. The van der Waals surface area contributed by atoms with E-state index in [1.807, 2.05) is 37.8 Å². The maximum atomic E-state index is 13.1. The van der Waals surface area contributed by atoms with Crippen molar-refractivity contribution in [1.29, 1.82) is 0 Å². The fourth-order valence-electron chi connectivity index (χ4n) is 4.57. The first-order chi connectivity index (χ1) is 22.0. The van der Waals surface area contributed by atoms with Crippen LogP contribution in [0.3, 0.4) is 0 Å². The van der Waals surface area contributed by atoms with Crippen LogP contribution >= 0.6 is 23.2 Å². The lowest BCUT2D eigenvalue weighted by molar-refractivity contribution is -0.118. The summed E-state index contributed by atoms with van der Waals surface area (Å²) in [6.45, 7) is 8.82. The summed E-state index contributed by atoms with van der Waals surface area (Å²) in [6.07, 6.45) is 1.51. The van der Waals surface area contributed by atoms with Gasteiger partial charge in [0.2, 0.25) is 5.91 Å². The highest BCUT2D eigenvalue weighted by Gasteiger charge is 2.22. The van der Waals surface area contributed by atoms with Crippen LogP contribution in [0.15, 0.2) is 60.8 Å². The van der Waals surface area contributed by atoms with E-state index in [0.29, 0.717) is 49.4 Å². The number of hydrogen-bond acceptors (Lipinski definition) is 8. The van der Waals surface area contributed by atoms with Crippen LogP contribution in [0.4, 0.5) is 22.1 Å². The number of hydrogen-bond donors (Lipinski definition) is 4. The van der Waals surface area contributed by atoms with Crippen LogP contribution in [0.25, 0.3) is 5.69 Å². The van der Waals surface area contributed by atoms with Gasteiger partial charge in [-0.3, -0.25) is 15.0 Å². The first kappa shape index (κ1) is 33.2. The van der Waals surface area contributed by atoms with Crippen molar-refractivity contribution in [3.8, 4) is 17.2 Å². The number of carbonyl (C=O) groups excluding carboxylic acids is 2. The molecular weight excluding hydrogens is 633 g/mol. The molecule has 4 N–H and O–H groups in total. The third-order valence-corrected chi connectivity index (χ3v) is 7.94. The summed E-state index contributed by atoms with van der Waals surface area (Å²) in [5, 5.41) is 22.6. The van der Waals surface area contributed by atoms with Gasteiger partial charge in [-0.1, -0.05) is 56.1 Å². The Kier molecular flexibility index (Phi) is 10.4.